The van der Waals surface area contributed by atoms with E-state index in [2.05, 4.69) is 11.4 Å². The first-order valence-corrected chi connectivity index (χ1v) is 10.4. The number of halogens is 1. The Morgan fingerprint density at radius 1 is 1.06 bits per heavy atom. The minimum atomic E-state index is -0.583. The van der Waals surface area contributed by atoms with Crippen molar-refractivity contribution in [2.24, 2.45) is 0 Å². The third-order valence-electron chi connectivity index (χ3n) is 4.77. The summed E-state index contributed by atoms with van der Waals surface area (Å²) in [7, 11) is 2.92. The molecule has 0 bridgehead atoms. The number of aryl methyl sites for hydroxylation is 1. The molecule has 0 radical (unpaired) electrons. The number of carbonyl (C=O) groups excluding carboxylic acids is 1. The highest BCUT2D eigenvalue weighted by Crippen LogP contribution is 2.36. The maximum absolute atomic E-state index is 12.7. The zero-order valence-electron chi connectivity index (χ0n) is 18.5. The van der Waals surface area contributed by atoms with Crippen molar-refractivity contribution in [3.8, 4) is 23.3 Å². The Balaban J connectivity index is 1.71. The molecule has 0 atom stereocenters. The number of rotatable bonds is 8. The van der Waals surface area contributed by atoms with Gasteiger partial charge in [-0.1, -0.05) is 53.6 Å². The molecule has 1 amide bonds. The molecular formula is C26H23ClN2O4. The molecule has 0 aliphatic carbocycles. The predicted octanol–water partition coefficient (Wildman–Crippen LogP) is 5.79. The van der Waals surface area contributed by atoms with Gasteiger partial charge in [-0.25, -0.2) is 0 Å². The van der Waals surface area contributed by atoms with Crippen LogP contribution in [-0.4, -0.2) is 20.1 Å². The molecule has 6 nitrogen and oxygen atoms in total. The minimum absolute atomic E-state index is 0.0700. The van der Waals surface area contributed by atoms with E-state index in [0.29, 0.717) is 40.1 Å². The Labute approximate surface area is 198 Å². The van der Waals surface area contributed by atoms with Gasteiger partial charge in [-0.3, -0.25) is 4.79 Å². The molecule has 0 spiro atoms. The van der Waals surface area contributed by atoms with Crippen LogP contribution in [0.2, 0.25) is 5.02 Å². The molecule has 0 saturated heterocycles. The summed E-state index contributed by atoms with van der Waals surface area (Å²) in [4.78, 5) is 12.7. The van der Waals surface area contributed by atoms with E-state index in [1.165, 1.54) is 38.0 Å². The van der Waals surface area contributed by atoms with Gasteiger partial charge in [-0.05, 0) is 36.3 Å². The summed E-state index contributed by atoms with van der Waals surface area (Å²) in [6.07, 6.45) is 1.50. The van der Waals surface area contributed by atoms with Gasteiger partial charge in [-0.15, -0.1) is 0 Å². The molecule has 0 unspecified atom stereocenters. The first kappa shape index (κ1) is 23.7. The van der Waals surface area contributed by atoms with Gasteiger partial charge in [0.05, 0.1) is 24.9 Å². The second-order valence-corrected chi connectivity index (χ2v) is 7.56. The van der Waals surface area contributed by atoms with E-state index < -0.39 is 5.91 Å². The monoisotopic (exact) mass is 462 g/mol. The molecule has 0 heterocycles. The molecule has 3 rings (SSSR count). The van der Waals surface area contributed by atoms with Crippen LogP contribution in [0.25, 0.3) is 6.08 Å². The number of amides is 1. The summed E-state index contributed by atoms with van der Waals surface area (Å²) < 4.78 is 16.3. The SMILES string of the molecule is COc1cc(NC(=O)/C(C#N)=C/c2ccc(OCc3cccc(C)c3)cc2)c(OC)cc1Cl. The summed E-state index contributed by atoms with van der Waals surface area (Å²) >= 11 is 6.10. The van der Waals surface area contributed by atoms with Gasteiger partial charge in [0.2, 0.25) is 0 Å². The minimum Gasteiger partial charge on any atom is -0.495 e. The Kier molecular flexibility index (Phi) is 7.96. The van der Waals surface area contributed by atoms with Crippen molar-refractivity contribution in [3.63, 3.8) is 0 Å². The summed E-state index contributed by atoms with van der Waals surface area (Å²) in [5.41, 5.74) is 3.21. The average molecular weight is 463 g/mol. The first-order chi connectivity index (χ1) is 15.9. The number of nitriles is 1. The van der Waals surface area contributed by atoms with Crippen molar-refractivity contribution in [3.05, 3.63) is 87.9 Å². The quantitative estimate of drug-likeness (QED) is 0.338. The van der Waals surface area contributed by atoms with Gasteiger partial charge in [-0.2, -0.15) is 5.26 Å². The number of ether oxygens (including phenoxy) is 3. The van der Waals surface area contributed by atoms with Crippen LogP contribution in [0.4, 0.5) is 5.69 Å². The Morgan fingerprint density at radius 2 is 1.79 bits per heavy atom. The highest BCUT2D eigenvalue weighted by molar-refractivity contribution is 6.32. The number of carbonyl (C=O) groups is 1. The highest BCUT2D eigenvalue weighted by Gasteiger charge is 2.15. The van der Waals surface area contributed by atoms with Gasteiger partial charge in [0.25, 0.3) is 5.91 Å². The largest absolute Gasteiger partial charge is 0.495 e. The Morgan fingerprint density at radius 3 is 2.42 bits per heavy atom. The second-order valence-electron chi connectivity index (χ2n) is 7.16. The molecule has 1 N–H and O–H groups in total. The summed E-state index contributed by atoms with van der Waals surface area (Å²) in [5.74, 6) is 0.826. The second kappa shape index (κ2) is 11.1. The fourth-order valence-electron chi connectivity index (χ4n) is 3.09. The number of hydrogen-bond donors (Lipinski definition) is 1. The Bertz CT molecular complexity index is 1210. The first-order valence-electron chi connectivity index (χ1n) is 10.1. The number of nitrogens with zero attached hydrogens (tertiary/aromatic N) is 1. The molecule has 0 saturated carbocycles. The van der Waals surface area contributed by atoms with Gasteiger partial charge in [0, 0.05) is 12.1 Å². The smallest absolute Gasteiger partial charge is 0.266 e. The number of nitrogens with one attached hydrogen (secondary N) is 1. The van der Waals surface area contributed by atoms with Crippen molar-refractivity contribution in [1.82, 2.24) is 0 Å². The third-order valence-corrected chi connectivity index (χ3v) is 5.06. The lowest BCUT2D eigenvalue weighted by Gasteiger charge is -2.13. The normalized spacial score (nSPS) is 10.8. The van der Waals surface area contributed by atoms with Crippen molar-refractivity contribution in [2.75, 3.05) is 19.5 Å². The molecule has 0 aliphatic rings. The molecule has 3 aromatic rings. The maximum atomic E-state index is 12.7. The van der Waals surface area contributed by atoms with E-state index in [9.17, 15) is 10.1 Å². The van der Waals surface area contributed by atoms with Crippen molar-refractivity contribution < 1.29 is 19.0 Å². The van der Waals surface area contributed by atoms with E-state index in [0.717, 1.165) is 5.56 Å². The van der Waals surface area contributed by atoms with E-state index >= 15 is 0 Å². The summed E-state index contributed by atoms with van der Waals surface area (Å²) in [6, 6.07) is 20.2. The van der Waals surface area contributed by atoms with Crippen LogP contribution in [0, 0.1) is 18.3 Å². The van der Waals surface area contributed by atoms with Gasteiger partial charge in [0.1, 0.15) is 35.5 Å². The van der Waals surface area contributed by atoms with Crippen molar-refractivity contribution in [2.45, 2.75) is 13.5 Å². The molecule has 0 aliphatic heterocycles. The van der Waals surface area contributed by atoms with Crippen LogP contribution < -0.4 is 19.5 Å². The number of benzene rings is 3. The molecule has 7 heteroatoms. The van der Waals surface area contributed by atoms with Crippen molar-refractivity contribution >= 4 is 29.3 Å². The van der Waals surface area contributed by atoms with Crippen LogP contribution in [0.1, 0.15) is 16.7 Å². The molecule has 33 heavy (non-hydrogen) atoms. The van der Waals surface area contributed by atoms with Crippen LogP contribution in [0.15, 0.2) is 66.2 Å². The molecule has 0 fully saturated rings. The number of anilines is 1. The predicted molar refractivity (Wildman–Crippen MR) is 129 cm³/mol. The average Bonchev–Trinajstić information content (AvgIpc) is 2.82. The fraction of sp³-hybridized carbons (Fsp3) is 0.154. The van der Waals surface area contributed by atoms with E-state index in [1.807, 2.05) is 31.2 Å². The van der Waals surface area contributed by atoms with E-state index in [4.69, 9.17) is 25.8 Å². The van der Waals surface area contributed by atoms with Crippen LogP contribution in [0.3, 0.4) is 0 Å². The van der Waals surface area contributed by atoms with E-state index in [-0.39, 0.29) is 5.57 Å². The molecular weight excluding hydrogens is 440 g/mol. The van der Waals surface area contributed by atoms with Crippen LogP contribution >= 0.6 is 11.6 Å². The number of methoxy groups -OCH3 is 2. The van der Waals surface area contributed by atoms with E-state index in [1.54, 1.807) is 24.3 Å². The summed E-state index contributed by atoms with van der Waals surface area (Å²) in [5, 5.41) is 12.5. The molecule has 0 aromatic heterocycles. The standard InChI is InChI=1S/C26H23ClN2O4/c1-17-5-4-6-19(11-17)16-33-21-9-7-18(8-10-21)12-20(15-28)26(30)29-23-14-24(31-2)22(27)13-25(23)32-3/h4-14H,16H2,1-3H3,(H,29,30)/b20-12+. The van der Waals surface area contributed by atoms with Crippen LogP contribution in [0.5, 0.6) is 17.2 Å². The zero-order chi connectivity index (χ0) is 23.8. The topological polar surface area (TPSA) is 80.6 Å². The zero-order valence-corrected chi connectivity index (χ0v) is 19.3. The van der Waals surface area contributed by atoms with Gasteiger partial charge < -0.3 is 19.5 Å². The molecule has 168 valence electrons. The fourth-order valence-corrected chi connectivity index (χ4v) is 3.32. The van der Waals surface area contributed by atoms with Gasteiger partial charge in [0.15, 0.2) is 0 Å². The molecule has 3 aromatic carbocycles. The highest BCUT2D eigenvalue weighted by atomic mass is 35.5. The lowest BCUT2D eigenvalue weighted by atomic mass is 10.1. The van der Waals surface area contributed by atoms with Crippen molar-refractivity contribution in [1.29, 1.82) is 5.26 Å². The summed E-state index contributed by atoms with van der Waals surface area (Å²) in [6.45, 7) is 2.49. The maximum Gasteiger partial charge on any atom is 0.266 e. The Hall–Kier alpha value is -3.95. The lowest BCUT2D eigenvalue weighted by Crippen LogP contribution is -2.14. The number of hydrogen-bond acceptors (Lipinski definition) is 5. The van der Waals surface area contributed by atoms with Crippen LogP contribution in [-0.2, 0) is 11.4 Å². The lowest BCUT2D eigenvalue weighted by molar-refractivity contribution is -0.112. The third kappa shape index (κ3) is 6.28. The van der Waals surface area contributed by atoms with Gasteiger partial charge >= 0.3 is 0 Å².